The Hall–Kier alpha value is -2.70. The number of nitrogens with one attached hydrogen (secondary N) is 1. The summed E-state index contributed by atoms with van der Waals surface area (Å²) in [6.07, 6.45) is 0.923. The molecule has 0 aliphatic heterocycles. The van der Waals surface area contributed by atoms with E-state index >= 15 is 0 Å². The summed E-state index contributed by atoms with van der Waals surface area (Å²) in [7, 11) is -3.27. The number of carbonyl (C=O) groups excluding carboxylic acids is 1. The van der Waals surface area contributed by atoms with Crippen LogP contribution in [0, 0.1) is 0 Å². The maximum atomic E-state index is 13.1. The third-order valence-electron chi connectivity index (χ3n) is 4.09. The second-order valence-corrected chi connectivity index (χ2v) is 10.1. The number of benzene rings is 2. The minimum atomic E-state index is -4.50. The third-order valence-corrected chi connectivity index (χ3v) is 7.03. The summed E-state index contributed by atoms with van der Waals surface area (Å²) in [6.45, 7) is 0. The van der Waals surface area contributed by atoms with Crippen molar-refractivity contribution in [2.75, 3.05) is 39.4 Å². The Kier molecular flexibility index (Phi) is 7.29. The molecule has 0 aliphatic carbocycles. The van der Waals surface area contributed by atoms with Gasteiger partial charge in [-0.15, -0.1) is 0 Å². The molecular formula is C18H20ClNO9S2. The van der Waals surface area contributed by atoms with Gasteiger partial charge in [0.15, 0.2) is 21.3 Å². The average molecular weight is 494 g/mol. The van der Waals surface area contributed by atoms with Gasteiger partial charge in [0.25, 0.3) is 10.0 Å². The summed E-state index contributed by atoms with van der Waals surface area (Å²) in [4.78, 5) is 11.5. The van der Waals surface area contributed by atoms with E-state index in [0.29, 0.717) is 0 Å². The summed E-state index contributed by atoms with van der Waals surface area (Å²) in [5, 5.41) is -0.237. The minimum Gasteiger partial charge on any atom is -0.493 e. The topological polar surface area (TPSA) is 134 Å². The van der Waals surface area contributed by atoms with Gasteiger partial charge in [-0.2, -0.15) is 0 Å². The van der Waals surface area contributed by atoms with E-state index in [-0.39, 0.29) is 38.4 Å². The van der Waals surface area contributed by atoms with Crippen LogP contribution in [0.25, 0.3) is 0 Å². The monoisotopic (exact) mass is 493 g/mol. The maximum Gasteiger partial charge on any atom is 0.340 e. The molecule has 10 nitrogen and oxygen atoms in total. The van der Waals surface area contributed by atoms with Gasteiger partial charge in [0.2, 0.25) is 5.75 Å². The van der Waals surface area contributed by atoms with E-state index in [1.165, 1.54) is 33.5 Å². The third kappa shape index (κ3) is 4.97. The molecule has 0 saturated heterocycles. The first-order valence-electron chi connectivity index (χ1n) is 8.35. The zero-order valence-corrected chi connectivity index (χ0v) is 19.6. The molecule has 0 atom stereocenters. The van der Waals surface area contributed by atoms with Crippen molar-refractivity contribution in [3.8, 4) is 17.2 Å². The van der Waals surface area contributed by atoms with Gasteiger partial charge in [0.05, 0.1) is 43.9 Å². The lowest BCUT2D eigenvalue weighted by molar-refractivity contribution is 0.0601. The van der Waals surface area contributed by atoms with Crippen LogP contribution >= 0.6 is 11.6 Å². The first kappa shape index (κ1) is 24.6. The van der Waals surface area contributed by atoms with Crippen LogP contribution < -0.4 is 18.9 Å². The van der Waals surface area contributed by atoms with Gasteiger partial charge in [-0.1, -0.05) is 11.6 Å². The molecule has 0 unspecified atom stereocenters. The number of sulfonamides is 1. The van der Waals surface area contributed by atoms with E-state index in [1.807, 2.05) is 0 Å². The SMILES string of the molecule is COC(=O)c1cc(OC)c(OC)c(OC)c1NS(=O)(=O)c1cc(S(C)(=O)=O)ccc1Cl. The lowest BCUT2D eigenvalue weighted by atomic mass is 10.1. The Bertz CT molecular complexity index is 1230. The summed E-state index contributed by atoms with van der Waals surface area (Å²) < 4.78 is 72.5. The van der Waals surface area contributed by atoms with Crippen LogP contribution in [0.15, 0.2) is 34.1 Å². The van der Waals surface area contributed by atoms with Gasteiger partial charge in [-0.3, -0.25) is 4.72 Å². The molecule has 1 N–H and O–H groups in total. The standard InChI is InChI=1S/C18H20ClNO9S2/c1-26-13-9-11(18(21)29-4)15(17(28-3)16(13)27-2)20-31(24,25)14-8-10(30(5,22)23)6-7-12(14)19/h6-9,20H,1-5H3. The number of rotatable bonds is 8. The van der Waals surface area contributed by atoms with Crippen molar-refractivity contribution in [1.29, 1.82) is 0 Å². The molecule has 170 valence electrons. The Morgan fingerprint density at radius 3 is 2.03 bits per heavy atom. The molecule has 0 radical (unpaired) electrons. The van der Waals surface area contributed by atoms with Crippen molar-refractivity contribution < 1.29 is 40.6 Å². The predicted molar refractivity (Wildman–Crippen MR) is 113 cm³/mol. The summed E-state index contributed by atoms with van der Waals surface area (Å²) in [5.74, 6) is -0.972. The lowest BCUT2D eigenvalue weighted by Gasteiger charge is -2.20. The fraction of sp³-hybridized carbons (Fsp3) is 0.278. The van der Waals surface area contributed by atoms with Gasteiger partial charge >= 0.3 is 5.97 Å². The van der Waals surface area contributed by atoms with Crippen molar-refractivity contribution in [1.82, 2.24) is 0 Å². The first-order valence-corrected chi connectivity index (χ1v) is 12.1. The van der Waals surface area contributed by atoms with Crippen molar-refractivity contribution >= 4 is 43.1 Å². The Labute approximate surface area is 185 Å². The molecule has 0 amide bonds. The highest BCUT2D eigenvalue weighted by molar-refractivity contribution is 7.93. The zero-order chi connectivity index (χ0) is 23.6. The zero-order valence-electron chi connectivity index (χ0n) is 17.2. The number of sulfone groups is 1. The van der Waals surface area contributed by atoms with Gasteiger partial charge in [0.1, 0.15) is 10.6 Å². The van der Waals surface area contributed by atoms with Gasteiger partial charge in [0, 0.05) is 12.3 Å². The normalized spacial score (nSPS) is 11.5. The van der Waals surface area contributed by atoms with Crippen molar-refractivity contribution in [3.05, 3.63) is 34.9 Å². The van der Waals surface area contributed by atoms with Crippen LogP contribution in [-0.4, -0.2) is 57.5 Å². The molecule has 0 aromatic heterocycles. The van der Waals surface area contributed by atoms with Crippen LogP contribution in [0.3, 0.4) is 0 Å². The molecule has 0 heterocycles. The van der Waals surface area contributed by atoms with E-state index in [9.17, 15) is 21.6 Å². The number of hydrogen-bond donors (Lipinski definition) is 1. The Morgan fingerprint density at radius 1 is 0.935 bits per heavy atom. The second kappa shape index (κ2) is 9.20. The summed E-state index contributed by atoms with van der Waals surface area (Å²) in [5.41, 5.74) is -0.552. The molecule has 31 heavy (non-hydrogen) atoms. The van der Waals surface area contributed by atoms with E-state index in [4.69, 9.17) is 30.5 Å². The maximum absolute atomic E-state index is 13.1. The van der Waals surface area contributed by atoms with Crippen LogP contribution in [0.2, 0.25) is 5.02 Å². The highest BCUT2D eigenvalue weighted by Gasteiger charge is 2.30. The number of esters is 1. The quantitative estimate of drug-likeness (QED) is 0.549. The van der Waals surface area contributed by atoms with Crippen LogP contribution in [0.5, 0.6) is 17.2 Å². The molecule has 13 heteroatoms. The molecule has 2 aromatic rings. The molecular weight excluding hydrogens is 474 g/mol. The highest BCUT2D eigenvalue weighted by Crippen LogP contribution is 2.46. The largest absolute Gasteiger partial charge is 0.493 e. The number of halogens is 1. The lowest BCUT2D eigenvalue weighted by Crippen LogP contribution is -2.18. The smallest absolute Gasteiger partial charge is 0.340 e. The van der Waals surface area contributed by atoms with Crippen LogP contribution in [0.1, 0.15) is 10.4 Å². The van der Waals surface area contributed by atoms with Gasteiger partial charge in [-0.05, 0) is 18.2 Å². The molecule has 0 spiro atoms. The number of ether oxygens (including phenoxy) is 4. The highest BCUT2D eigenvalue weighted by atomic mass is 35.5. The second-order valence-electron chi connectivity index (χ2n) is 6.03. The summed E-state index contributed by atoms with van der Waals surface area (Å²) in [6, 6.07) is 4.43. The van der Waals surface area contributed by atoms with E-state index < -0.39 is 30.7 Å². The molecule has 0 fully saturated rings. The average Bonchev–Trinajstić information content (AvgIpc) is 2.71. The van der Waals surface area contributed by atoms with Crippen molar-refractivity contribution in [3.63, 3.8) is 0 Å². The number of hydrogen-bond acceptors (Lipinski definition) is 9. The Balaban J connectivity index is 2.79. The number of carbonyl (C=O) groups is 1. The summed E-state index contributed by atoms with van der Waals surface area (Å²) >= 11 is 6.02. The minimum absolute atomic E-state index is 0.00587. The van der Waals surface area contributed by atoms with Crippen LogP contribution in [-0.2, 0) is 24.6 Å². The van der Waals surface area contributed by atoms with Gasteiger partial charge in [-0.25, -0.2) is 21.6 Å². The number of methoxy groups -OCH3 is 4. The first-order chi connectivity index (χ1) is 14.4. The number of anilines is 1. The molecule has 0 saturated carbocycles. The molecule has 2 rings (SSSR count). The van der Waals surface area contributed by atoms with E-state index in [2.05, 4.69) is 4.72 Å². The van der Waals surface area contributed by atoms with E-state index in [1.54, 1.807) is 0 Å². The fourth-order valence-electron chi connectivity index (χ4n) is 2.64. The van der Waals surface area contributed by atoms with Crippen molar-refractivity contribution in [2.24, 2.45) is 0 Å². The molecule has 0 bridgehead atoms. The predicted octanol–water partition coefficient (Wildman–Crippen LogP) is 2.36. The molecule has 0 aliphatic rings. The fourth-order valence-corrected chi connectivity index (χ4v) is 4.97. The Morgan fingerprint density at radius 2 is 1.55 bits per heavy atom. The molecule has 2 aromatic carbocycles. The van der Waals surface area contributed by atoms with Crippen molar-refractivity contribution in [2.45, 2.75) is 9.79 Å². The van der Waals surface area contributed by atoms with Crippen LogP contribution in [0.4, 0.5) is 5.69 Å². The van der Waals surface area contributed by atoms with E-state index in [0.717, 1.165) is 25.5 Å². The van der Waals surface area contributed by atoms with Gasteiger partial charge < -0.3 is 18.9 Å².